The van der Waals surface area contributed by atoms with Crippen molar-refractivity contribution in [2.45, 2.75) is 25.5 Å². The Kier molecular flexibility index (Phi) is 7.40. The number of carbonyl (C=O) groups excluding carboxylic acids is 1. The summed E-state index contributed by atoms with van der Waals surface area (Å²) in [6, 6.07) is 12.2. The third-order valence-electron chi connectivity index (χ3n) is 5.10. The van der Waals surface area contributed by atoms with Gasteiger partial charge < -0.3 is 19.5 Å². The Labute approximate surface area is 183 Å². The largest absolute Gasteiger partial charge is 0.493 e. The molecule has 31 heavy (non-hydrogen) atoms. The molecule has 1 aliphatic heterocycles. The number of rotatable bonds is 9. The Bertz CT molecular complexity index is 1000. The van der Waals surface area contributed by atoms with Crippen molar-refractivity contribution >= 4 is 21.6 Å². The maximum atomic E-state index is 13.1. The zero-order valence-electron chi connectivity index (χ0n) is 18.0. The molecule has 1 N–H and O–H groups in total. The van der Waals surface area contributed by atoms with Crippen LogP contribution in [0.2, 0.25) is 0 Å². The number of anilines is 1. The number of hydrogen-bond acceptors (Lipinski definition) is 6. The van der Waals surface area contributed by atoms with E-state index in [1.54, 1.807) is 0 Å². The van der Waals surface area contributed by atoms with Gasteiger partial charge in [-0.15, -0.1) is 0 Å². The second kappa shape index (κ2) is 10.0. The van der Waals surface area contributed by atoms with Crippen molar-refractivity contribution in [2.75, 3.05) is 37.9 Å². The van der Waals surface area contributed by atoms with Crippen LogP contribution in [0, 0.1) is 0 Å². The van der Waals surface area contributed by atoms with Gasteiger partial charge in [0.25, 0.3) is 5.91 Å². The van der Waals surface area contributed by atoms with Crippen LogP contribution < -0.4 is 19.1 Å². The van der Waals surface area contributed by atoms with Gasteiger partial charge in [0.05, 0.1) is 44.4 Å². The number of nitrogens with zero attached hydrogens (tertiary/aromatic N) is 1. The predicted molar refractivity (Wildman–Crippen MR) is 118 cm³/mol. The van der Waals surface area contributed by atoms with Gasteiger partial charge in [-0.25, -0.2) is 8.42 Å². The van der Waals surface area contributed by atoms with Gasteiger partial charge >= 0.3 is 0 Å². The van der Waals surface area contributed by atoms with E-state index in [9.17, 15) is 13.2 Å². The summed E-state index contributed by atoms with van der Waals surface area (Å²) in [6.45, 7) is 1.10. The van der Waals surface area contributed by atoms with Crippen LogP contribution in [0.1, 0.15) is 28.8 Å². The van der Waals surface area contributed by atoms with Gasteiger partial charge in [-0.1, -0.05) is 30.3 Å². The molecule has 3 rings (SSSR count). The van der Waals surface area contributed by atoms with Crippen LogP contribution >= 0.6 is 0 Å². The maximum absolute atomic E-state index is 13.1. The molecule has 1 aliphatic rings. The van der Waals surface area contributed by atoms with Gasteiger partial charge in [0.1, 0.15) is 0 Å². The van der Waals surface area contributed by atoms with Gasteiger partial charge in [-0.3, -0.25) is 9.10 Å². The molecule has 0 aromatic heterocycles. The highest BCUT2D eigenvalue weighted by Gasteiger charge is 2.27. The molecule has 0 aliphatic carbocycles. The second-order valence-electron chi connectivity index (χ2n) is 7.32. The number of ether oxygens (including phenoxy) is 3. The molecule has 1 saturated heterocycles. The summed E-state index contributed by atoms with van der Waals surface area (Å²) in [7, 11) is -0.794. The van der Waals surface area contributed by atoms with Crippen molar-refractivity contribution < 1.29 is 27.4 Å². The molecule has 1 amide bonds. The number of carbonyl (C=O) groups is 1. The van der Waals surface area contributed by atoms with Gasteiger partial charge in [0.15, 0.2) is 11.5 Å². The molecule has 0 spiro atoms. The van der Waals surface area contributed by atoms with Crippen molar-refractivity contribution in [3.63, 3.8) is 0 Å². The lowest BCUT2D eigenvalue weighted by Crippen LogP contribution is -2.35. The molecule has 9 heteroatoms. The lowest BCUT2D eigenvalue weighted by molar-refractivity contribution is 0.0858. The average molecular weight is 449 g/mol. The van der Waals surface area contributed by atoms with Gasteiger partial charge in [0, 0.05) is 19.2 Å². The van der Waals surface area contributed by atoms with Crippen molar-refractivity contribution in [3.05, 3.63) is 53.6 Å². The molecular weight excluding hydrogens is 420 g/mol. The SMILES string of the molecule is COc1cc(C(=O)NCC2CCCO2)c(N(Cc2ccccc2)S(C)(=O)=O)cc1OC. The second-order valence-corrected chi connectivity index (χ2v) is 9.23. The first kappa shape index (κ1) is 22.9. The quantitative estimate of drug-likeness (QED) is 0.634. The summed E-state index contributed by atoms with van der Waals surface area (Å²) < 4.78 is 42.9. The summed E-state index contributed by atoms with van der Waals surface area (Å²) in [5, 5.41) is 2.86. The molecule has 168 valence electrons. The molecule has 2 aromatic carbocycles. The minimum Gasteiger partial charge on any atom is -0.493 e. The highest BCUT2D eigenvalue weighted by Crippen LogP contribution is 2.37. The van der Waals surface area contributed by atoms with Crippen molar-refractivity contribution in [1.29, 1.82) is 0 Å². The van der Waals surface area contributed by atoms with E-state index in [0.717, 1.165) is 24.7 Å². The van der Waals surface area contributed by atoms with E-state index in [2.05, 4.69) is 5.32 Å². The summed E-state index contributed by atoms with van der Waals surface area (Å²) in [4.78, 5) is 13.1. The summed E-state index contributed by atoms with van der Waals surface area (Å²) in [5.74, 6) is 0.254. The first-order valence-electron chi connectivity index (χ1n) is 10.0. The lowest BCUT2D eigenvalue weighted by Gasteiger charge is -2.26. The molecule has 0 saturated carbocycles. The number of nitrogens with one attached hydrogen (secondary N) is 1. The van der Waals surface area contributed by atoms with Crippen molar-refractivity contribution in [1.82, 2.24) is 5.32 Å². The first-order chi connectivity index (χ1) is 14.8. The summed E-state index contributed by atoms with van der Waals surface area (Å²) in [6.07, 6.45) is 2.91. The summed E-state index contributed by atoms with van der Waals surface area (Å²) in [5.41, 5.74) is 1.18. The number of benzene rings is 2. The molecule has 1 fully saturated rings. The van der Waals surface area contributed by atoms with E-state index in [1.165, 1.54) is 30.7 Å². The summed E-state index contributed by atoms with van der Waals surface area (Å²) >= 11 is 0. The fraction of sp³-hybridized carbons (Fsp3) is 0.409. The Hall–Kier alpha value is -2.78. The molecule has 8 nitrogen and oxygen atoms in total. The standard InChI is InChI=1S/C22H28N2O6S/c1-28-20-12-18(22(25)23-14-17-10-7-11-30-17)19(13-21(20)29-2)24(31(3,26)27)15-16-8-5-4-6-9-16/h4-6,8-9,12-13,17H,7,10-11,14-15H2,1-3H3,(H,23,25). The average Bonchev–Trinajstić information content (AvgIpc) is 3.28. The van der Waals surface area contributed by atoms with Crippen molar-refractivity contribution in [2.24, 2.45) is 0 Å². The smallest absolute Gasteiger partial charge is 0.253 e. The highest BCUT2D eigenvalue weighted by atomic mass is 32.2. The van der Waals surface area contributed by atoms with Crippen LogP contribution in [0.4, 0.5) is 5.69 Å². The minimum absolute atomic E-state index is 0.0390. The monoisotopic (exact) mass is 448 g/mol. The molecular formula is C22H28N2O6S. The van der Waals surface area contributed by atoms with E-state index in [0.29, 0.717) is 24.7 Å². The molecule has 1 heterocycles. The number of sulfonamides is 1. The fourth-order valence-electron chi connectivity index (χ4n) is 3.49. The Balaban J connectivity index is 2.02. The zero-order chi connectivity index (χ0) is 22.4. The highest BCUT2D eigenvalue weighted by molar-refractivity contribution is 7.92. The van der Waals surface area contributed by atoms with Crippen LogP contribution in [0.25, 0.3) is 0 Å². The van der Waals surface area contributed by atoms with E-state index >= 15 is 0 Å². The van der Waals surface area contributed by atoms with Gasteiger partial charge in [-0.05, 0) is 24.5 Å². The molecule has 2 aromatic rings. The normalized spacial score (nSPS) is 16.0. The van der Waals surface area contributed by atoms with E-state index in [1.807, 2.05) is 30.3 Å². The molecule has 1 unspecified atom stereocenters. The van der Waals surface area contributed by atoms with Crippen LogP contribution in [-0.4, -0.2) is 54.1 Å². The van der Waals surface area contributed by atoms with E-state index in [-0.39, 0.29) is 23.9 Å². The molecule has 0 bridgehead atoms. The third kappa shape index (κ3) is 5.68. The Morgan fingerprint density at radius 3 is 2.42 bits per heavy atom. The maximum Gasteiger partial charge on any atom is 0.253 e. The topological polar surface area (TPSA) is 94.2 Å². The van der Waals surface area contributed by atoms with Crippen LogP contribution in [0.3, 0.4) is 0 Å². The van der Waals surface area contributed by atoms with E-state index < -0.39 is 15.9 Å². The lowest BCUT2D eigenvalue weighted by atomic mass is 10.1. The zero-order valence-corrected chi connectivity index (χ0v) is 18.8. The first-order valence-corrected chi connectivity index (χ1v) is 11.9. The predicted octanol–water partition coefficient (Wildman–Crippen LogP) is 2.58. The minimum atomic E-state index is -3.72. The van der Waals surface area contributed by atoms with Crippen LogP contribution in [0.15, 0.2) is 42.5 Å². The molecule has 1 atom stereocenters. The van der Waals surface area contributed by atoms with Gasteiger partial charge in [0.2, 0.25) is 10.0 Å². The number of methoxy groups -OCH3 is 2. The number of hydrogen-bond donors (Lipinski definition) is 1. The van der Waals surface area contributed by atoms with E-state index in [4.69, 9.17) is 14.2 Å². The third-order valence-corrected chi connectivity index (χ3v) is 6.23. The Morgan fingerprint density at radius 2 is 1.84 bits per heavy atom. The van der Waals surface area contributed by atoms with Crippen LogP contribution in [-0.2, 0) is 21.3 Å². The molecule has 0 radical (unpaired) electrons. The fourth-order valence-corrected chi connectivity index (χ4v) is 4.39. The Morgan fingerprint density at radius 1 is 1.16 bits per heavy atom. The number of amides is 1. The van der Waals surface area contributed by atoms with Gasteiger partial charge in [-0.2, -0.15) is 0 Å². The van der Waals surface area contributed by atoms with Crippen LogP contribution in [0.5, 0.6) is 11.5 Å². The van der Waals surface area contributed by atoms with Crippen molar-refractivity contribution in [3.8, 4) is 11.5 Å².